The lowest BCUT2D eigenvalue weighted by atomic mass is 10.1. The number of carbonyl (C=O) groups excluding carboxylic acids is 2. The second kappa shape index (κ2) is 9.46. The van der Waals surface area contributed by atoms with Crippen molar-refractivity contribution < 1.29 is 14.3 Å². The molecule has 0 unspecified atom stereocenters. The van der Waals surface area contributed by atoms with Crippen LogP contribution in [0.15, 0.2) is 69.5 Å². The van der Waals surface area contributed by atoms with Crippen LogP contribution in [-0.2, 0) is 16.1 Å². The summed E-state index contributed by atoms with van der Waals surface area (Å²) >= 11 is 4.79. The maximum absolute atomic E-state index is 13.2. The summed E-state index contributed by atoms with van der Waals surface area (Å²) in [5.74, 6) is -0.980. The van der Waals surface area contributed by atoms with E-state index in [1.807, 2.05) is 29.6 Å². The Labute approximate surface area is 195 Å². The zero-order chi connectivity index (χ0) is 22.7. The fraction of sp³-hybridized carbons (Fsp3) is 0.130. The number of para-hydroxylation sites is 1. The number of hydrogen-bond donors (Lipinski definition) is 1. The summed E-state index contributed by atoms with van der Waals surface area (Å²) < 4.78 is 7.24. The molecule has 0 spiro atoms. The molecule has 0 bridgehead atoms. The largest absolute Gasteiger partial charge is 0.462 e. The van der Waals surface area contributed by atoms with E-state index >= 15 is 0 Å². The van der Waals surface area contributed by atoms with Crippen LogP contribution in [-0.4, -0.2) is 28.0 Å². The van der Waals surface area contributed by atoms with Gasteiger partial charge < -0.3 is 10.1 Å². The van der Waals surface area contributed by atoms with Gasteiger partial charge in [0.1, 0.15) is 11.4 Å². The summed E-state index contributed by atoms with van der Waals surface area (Å²) in [6, 6.07) is 14.2. The quantitative estimate of drug-likeness (QED) is 0.378. The number of amides is 1. The van der Waals surface area contributed by atoms with E-state index in [2.05, 4.69) is 26.2 Å². The molecule has 7 nitrogen and oxygen atoms in total. The third-order valence-corrected chi connectivity index (χ3v) is 6.14. The number of fused-ring (bicyclic) bond motifs is 1. The number of carbonyl (C=O) groups is 2. The molecule has 0 atom stereocenters. The number of nitrogens with one attached hydrogen (secondary N) is 1. The molecule has 0 fully saturated rings. The smallest absolute Gasteiger partial charge is 0.340 e. The lowest BCUT2D eigenvalue weighted by Crippen LogP contribution is -2.28. The van der Waals surface area contributed by atoms with E-state index < -0.39 is 11.9 Å². The van der Waals surface area contributed by atoms with Crippen LogP contribution in [0.5, 0.6) is 0 Å². The number of benzene rings is 2. The van der Waals surface area contributed by atoms with Gasteiger partial charge in [0.05, 0.1) is 29.6 Å². The predicted octanol–water partition coefficient (Wildman–Crippen LogP) is 4.70. The summed E-state index contributed by atoms with van der Waals surface area (Å²) in [6.45, 7) is 1.69. The molecule has 162 valence electrons. The van der Waals surface area contributed by atoms with Crippen LogP contribution in [0.2, 0.25) is 0 Å². The zero-order valence-electron chi connectivity index (χ0n) is 17.0. The molecule has 0 radical (unpaired) electrons. The zero-order valence-corrected chi connectivity index (χ0v) is 19.4. The molecule has 9 heteroatoms. The Hall–Kier alpha value is -3.30. The van der Waals surface area contributed by atoms with Crippen molar-refractivity contribution in [1.82, 2.24) is 9.55 Å². The van der Waals surface area contributed by atoms with E-state index in [4.69, 9.17) is 4.74 Å². The molecular weight excluding hydrogens is 494 g/mol. The minimum atomic E-state index is -0.527. The van der Waals surface area contributed by atoms with E-state index in [1.165, 1.54) is 22.2 Å². The van der Waals surface area contributed by atoms with Crippen molar-refractivity contribution in [1.29, 1.82) is 0 Å². The van der Waals surface area contributed by atoms with E-state index in [9.17, 15) is 14.4 Å². The molecule has 2 heterocycles. The highest BCUT2D eigenvalue weighted by atomic mass is 79.9. The van der Waals surface area contributed by atoms with Gasteiger partial charge in [-0.2, -0.15) is 0 Å². The van der Waals surface area contributed by atoms with Crippen LogP contribution >= 0.6 is 27.3 Å². The minimum Gasteiger partial charge on any atom is -0.462 e. The van der Waals surface area contributed by atoms with Crippen LogP contribution in [0.3, 0.4) is 0 Å². The first-order chi connectivity index (χ1) is 15.5. The Morgan fingerprint density at radius 3 is 2.66 bits per heavy atom. The van der Waals surface area contributed by atoms with Crippen molar-refractivity contribution in [3.8, 4) is 11.1 Å². The number of esters is 1. The van der Waals surface area contributed by atoms with Crippen molar-refractivity contribution in [3.63, 3.8) is 0 Å². The molecule has 1 amide bonds. The second-order valence-corrected chi connectivity index (χ2v) is 8.60. The van der Waals surface area contributed by atoms with Gasteiger partial charge in [-0.05, 0) is 36.8 Å². The molecule has 0 aliphatic rings. The van der Waals surface area contributed by atoms with Crippen molar-refractivity contribution in [2.75, 3.05) is 11.9 Å². The standard InChI is InChI=1S/C23H18BrN3O4S/c1-2-31-23(30)16-5-3-4-6-18(16)26-19(28)11-27-13-25-21-20(22(27)29)17(12-32-21)14-7-9-15(24)10-8-14/h3-10,12-13H,2,11H2,1H3,(H,26,28). The van der Waals surface area contributed by atoms with Gasteiger partial charge in [0.15, 0.2) is 0 Å². The van der Waals surface area contributed by atoms with Gasteiger partial charge in [-0.1, -0.05) is 40.2 Å². The summed E-state index contributed by atoms with van der Waals surface area (Å²) in [7, 11) is 0. The van der Waals surface area contributed by atoms with Gasteiger partial charge >= 0.3 is 5.97 Å². The molecule has 4 aromatic rings. The first kappa shape index (κ1) is 21.9. The number of nitrogens with zero attached hydrogens (tertiary/aromatic N) is 2. The van der Waals surface area contributed by atoms with Gasteiger partial charge in [0.25, 0.3) is 5.56 Å². The maximum atomic E-state index is 13.2. The molecular formula is C23H18BrN3O4S. The van der Waals surface area contributed by atoms with Gasteiger partial charge in [0.2, 0.25) is 5.91 Å². The fourth-order valence-corrected chi connectivity index (χ4v) is 4.42. The minimum absolute atomic E-state index is 0.226. The number of rotatable bonds is 6. The van der Waals surface area contributed by atoms with E-state index in [1.54, 1.807) is 31.2 Å². The highest BCUT2D eigenvalue weighted by Gasteiger charge is 2.17. The Balaban J connectivity index is 1.62. The molecule has 0 aliphatic heterocycles. The molecule has 0 saturated heterocycles. The van der Waals surface area contributed by atoms with E-state index in [0.29, 0.717) is 15.9 Å². The summed E-state index contributed by atoms with van der Waals surface area (Å²) in [6.07, 6.45) is 1.36. The van der Waals surface area contributed by atoms with Crippen LogP contribution in [0.1, 0.15) is 17.3 Å². The second-order valence-electron chi connectivity index (χ2n) is 6.83. The average molecular weight is 512 g/mol. The molecule has 0 saturated carbocycles. The van der Waals surface area contributed by atoms with Gasteiger partial charge in [-0.15, -0.1) is 11.3 Å². The highest BCUT2D eigenvalue weighted by Crippen LogP contribution is 2.31. The SMILES string of the molecule is CCOC(=O)c1ccccc1NC(=O)Cn1cnc2scc(-c3ccc(Br)cc3)c2c1=O. The predicted molar refractivity (Wildman–Crippen MR) is 128 cm³/mol. The third kappa shape index (κ3) is 4.49. The normalized spacial score (nSPS) is 10.8. The molecule has 4 rings (SSSR count). The van der Waals surface area contributed by atoms with Crippen LogP contribution in [0, 0.1) is 0 Å². The lowest BCUT2D eigenvalue weighted by Gasteiger charge is -2.11. The van der Waals surface area contributed by atoms with Crippen molar-refractivity contribution in [3.05, 3.63) is 80.6 Å². The number of aromatic nitrogens is 2. The molecule has 32 heavy (non-hydrogen) atoms. The van der Waals surface area contributed by atoms with Crippen LogP contribution < -0.4 is 10.9 Å². The third-order valence-electron chi connectivity index (χ3n) is 4.73. The number of halogens is 1. The summed E-state index contributed by atoms with van der Waals surface area (Å²) in [4.78, 5) is 42.9. The first-order valence-electron chi connectivity index (χ1n) is 9.76. The number of anilines is 1. The molecule has 1 N–H and O–H groups in total. The van der Waals surface area contributed by atoms with E-state index in [0.717, 1.165) is 15.6 Å². The maximum Gasteiger partial charge on any atom is 0.340 e. The Bertz CT molecular complexity index is 1360. The van der Waals surface area contributed by atoms with E-state index in [-0.39, 0.29) is 24.3 Å². The van der Waals surface area contributed by atoms with Crippen molar-refractivity contribution >= 4 is 55.0 Å². The number of thiophene rings is 1. The summed E-state index contributed by atoms with van der Waals surface area (Å²) in [5.41, 5.74) is 1.94. The number of hydrogen-bond acceptors (Lipinski definition) is 6. The fourth-order valence-electron chi connectivity index (χ4n) is 3.25. The summed E-state index contributed by atoms with van der Waals surface area (Å²) in [5, 5.41) is 5.05. The first-order valence-corrected chi connectivity index (χ1v) is 11.4. The lowest BCUT2D eigenvalue weighted by molar-refractivity contribution is -0.116. The molecule has 2 aromatic carbocycles. The average Bonchev–Trinajstić information content (AvgIpc) is 3.22. The van der Waals surface area contributed by atoms with Gasteiger partial charge in [0, 0.05) is 15.4 Å². The molecule has 2 aromatic heterocycles. The Morgan fingerprint density at radius 2 is 1.91 bits per heavy atom. The van der Waals surface area contributed by atoms with Gasteiger partial charge in [-0.25, -0.2) is 9.78 Å². The van der Waals surface area contributed by atoms with Crippen molar-refractivity contribution in [2.24, 2.45) is 0 Å². The molecule has 0 aliphatic carbocycles. The van der Waals surface area contributed by atoms with Crippen LogP contribution in [0.25, 0.3) is 21.3 Å². The monoisotopic (exact) mass is 511 g/mol. The highest BCUT2D eigenvalue weighted by molar-refractivity contribution is 9.10. The van der Waals surface area contributed by atoms with Crippen molar-refractivity contribution in [2.45, 2.75) is 13.5 Å². The number of ether oxygens (including phenoxy) is 1. The topological polar surface area (TPSA) is 90.3 Å². The Morgan fingerprint density at radius 1 is 1.16 bits per heavy atom. The van der Waals surface area contributed by atoms with Gasteiger partial charge in [-0.3, -0.25) is 14.2 Å². The van der Waals surface area contributed by atoms with Crippen LogP contribution in [0.4, 0.5) is 5.69 Å². The Kier molecular flexibility index (Phi) is 6.48.